The first-order valence-corrected chi connectivity index (χ1v) is 8.75. The van der Waals surface area contributed by atoms with Gasteiger partial charge in [-0.15, -0.1) is 0 Å². The second kappa shape index (κ2) is 7.93. The van der Waals surface area contributed by atoms with Crippen LogP contribution in [0.5, 0.6) is 0 Å². The lowest BCUT2D eigenvalue weighted by atomic mass is 10.1. The van der Waals surface area contributed by atoms with Gasteiger partial charge in [-0.1, -0.05) is 12.1 Å². The van der Waals surface area contributed by atoms with Gasteiger partial charge in [-0.25, -0.2) is 10.1 Å². The quantitative estimate of drug-likeness (QED) is 0.393. The van der Waals surface area contributed by atoms with Crippen LogP contribution >= 0.6 is 0 Å². The van der Waals surface area contributed by atoms with E-state index < -0.39 is 10.8 Å². The predicted octanol–water partition coefficient (Wildman–Crippen LogP) is 2.76. The lowest BCUT2D eigenvalue weighted by Crippen LogP contribution is -2.20. The van der Waals surface area contributed by atoms with Crippen LogP contribution in [0.15, 0.2) is 52.4 Å². The minimum absolute atomic E-state index is 0.0923. The first-order chi connectivity index (χ1) is 13.8. The molecule has 0 saturated heterocycles. The molecule has 0 aliphatic rings. The molecule has 9 nitrogen and oxygen atoms in total. The zero-order valence-electron chi connectivity index (χ0n) is 16.1. The molecule has 0 aliphatic carbocycles. The molecule has 0 spiro atoms. The highest BCUT2D eigenvalue weighted by molar-refractivity contribution is 5.95. The summed E-state index contributed by atoms with van der Waals surface area (Å²) in [5.74, 6) is -0.618. The smallest absolute Gasteiger partial charge is 0.280 e. The number of H-pyrrole nitrogens is 1. The first kappa shape index (κ1) is 19.7. The van der Waals surface area contributed by atoms with Crippen LogP contribution in [0, 0.1) is 30.9 Å². The predicted molar refractivity (Wildman–Crippen MR) is 109 cm³/mol. The lowest BCUT2D eigenvalue weighted by molar-refractivity contribution is -0.384. The Kier molecular flexibility index (Phi) is 5.40. The van der Waals surface area contributed by atoms with Crippen LogP contribution in [-0.4, -0.2) is 26.8 Å². The highest BCUT2D eigenvalue weighted by atomic mass is 16.6. The van der Waals surface area contributed by atoms with Gasteiger partial charge in [0, 0.05) is 23.4 Å². The maximum absolute atomic E-state index is 12.7. The van der Waals surface area contributed by atoms with Gasteiger partial charge >= 0.3 is 0 Å². The molecule has 0 radical (unpaired) electrons. The first-order valence-electron chi connectivity index (χ1n) is 8.75. The Bertz CT molecular complexity index is 1190. The van der Waals surface area contributed by atoms with Crippen molar-refractivity contribution in [1.82, 2.24) is 15.2 Å². The summed E-state index contributed by atoms with van der Waals surface area (Å²) >= 11 is 0. The van der Waals surface area contributed by atoms with E-state index in [-0.39, 0.29) is 16.8 Å². The Hall–Kier alpha value is -4.01. The number of nitro benzene ring substituents is 1. The average Bonchev–Trinajstić information content (AvgIpc) is 2.98. The number of non-ortho nitro benzene ring substituents is 1. The number of carbonyl (C=O) groups is 1. The van der Waals surface area contributed by atoms with E-state index in [1.165, 1.54) is 29.1 Å². The Balaban J connectivity index is 1.81. The van der Waals surface area contributed by atoms with Crippen molar-refractivity contribution in [3.05, 3.63) is 90.9 Å². The maximum Gasteiger partial charge on any atom is 0.280 e. The number of hydrogen-bond acceptors (Lipinski definition) is 5. The van der Waals surface area contributed by atoms with Crippen molar-refractivity contribution in [3.63, 3.8) is 0 Å². The van der Waals surface area contributed by atoms with E-state index in [0.29, 0.717) is 16.9 Å². The van der Waals surface area contributed by atoms with Gasteiger partial charge in [0.2, 0.25) is 0 Å². The molecule has 29 heavy (non-hydrogen) atoms. The zero-order chi connectivity index (χ0) is 21.1. The number of aromatic nitrogens is 2. The average molecular weight is 393 g/mol. The van der Waals surface area contributed by atoms with Gasteiger partial charge in [-0.05, 0) is 50.1 Å². The molecule has 2 N–H and O–H groups in total. The molecule has 1 amide bonds. The van der Waals surface area contributed by atoms with Gasteiger partial charge in [0.1, 0.15) is 0 Å². The standard InChI is InChI=1S/C20H19N5O4/c1-12-7-8-16(9-13(12)2)24-20(27)18(14(3)23-24)11-21-22-19(26)15-5-4-6-17(10-15)25(28)29/h4-11,23H,1-3H3,(H,22,26)/b21-11+. The molecular weight excluding hydrogens is 374 g/mol. The summed E-state index contributed by atoms with van der Waals surface area (Å²) in [6.45, 7) is 5.68. The van der Waals surface area contributed by atoms with Crippen molar-refractivity contribution in [3.8, 4) is 5.69 Å². The molecule has 9 heteroatoms. The molecule has 3 aromatic rings. The van der Waals surface area contributed by atoms with Gasteiger partial charge in [-0.2, -0.15) is 5.10 Å². The molecule has 0 aliphatic heterocycles. The van der Waals surface area contributed by atoms with E-state index >= 15 is 0 Å². The number of aromatic amines is 1. The van der Waals surface area contributed by atoms with Crippen LogP contribution in [0.3, 0.4) is 0 Å². The van der Waals surface area contributed by atoms with Gasteiger partial charge in [0.15, 0.2) is 0 Å². The van der Waals surface area contributed by atoms with E-state index in [4.69, 9.17) is 0 Å². The number of nitrogens with one attached hydrogen (secondary N) is 2. The van der Waals surface area contributed by atoms with E-state index in [9.17, 15) is 19.7 Å². The van der Waals surface area contributed by atoms with Crippen molar-refractivity contribution in [2.45, 2.75) is 20.8 Å². The van der Waals surface area contributed by atoms with E-state index in [0.717, 1.165) is 17.2 Å². The largest absolute Gasteiger partial charge is 0.295 e. The Morgan fingerprint density at radius 2 is 1.93 bits per heavy atom. The third kappa shape index (κ3) is 4.13. The molecular formula is C20H19N5O4. The van der Waals surface area contributed by atoms with Crippen LogP contribution in [-0.2, 0) is 0 Å². The van der Waals surface area contributed by atoms with Crippen LogP contribution in [0.4, 0.5) is 5.69 Å². The molecule has 148 valence electrons. The van der Waals surface area contributed by atoms with Crippen molar-refractivity contribution in [2.75, 3.05) is 0 Å². The van der Waals surface area contributed by atoms with Crippen molar-refractivity contribution in [1.29, 1.82) is 0 Å². The van der Waals surface area contributed by atoms with E-state index in [1.54, 1.807) is 6.92 Å². The minimum Gasteiger partial charge on any atom is -0.295 e. The lowest BCUT2D eigenvalue weighted by Gasteiger charge is -2.05. The number of nitro groups is 1. The van der Waals surface area contributed by atoms with E-state index in [1.807, 2.05) is 32.0 Å². The summed E-state index contributed by atoms with van der Waals surface area (Å²) in [6.07, 6.45) is 1.25. The molecule has 0 bridgehead atoms. The van der Waals surface area contributed by atoms with Gasteiger partial charge in [0.05, 0.1) is 22.4 Å². The fourth-order valence-electron chi connectivity index (χ4n) is 2.74. The fraction of sp³-hybridized carbons (Fsp3) is 0.150. The van der Waals surface area contributed by atoms with Crippen molar-refractivity contribution >= 4 is 17.8 Å². The molecule has 0 atom stereocenters. The second-order valence-corrected chi connectivity index (χ2v) is 6.57. The molecule has 3 rings (SSSR count). The third-order valence-electron chi connectivity index (χ3n) is 4.54. The third-order valence-corrected chi connectivity index (χ3v) is 4.54. The molecule has 0 unspecified atom stereocenters. The topological polar surface area (TPSA) is 122 Å². The molecule has 0 saturated carbocycles. The summed E-state index contributed by atoms with van der Waals surface area (Å²) in [7, 11) is 0. The SMILES string of the molecule is Cc1ccc(-n2[nH]c(C)c(/C=N/NC(=O)c3cccc([N+](=O)[O-])c3)c2=O)cc1C. The summed E-state index contributed by atoms with van der Waals surface area (Å²) < 4.78 is 1.41. The fourth-order valence-corrected chi connectivity index (χ4v) is 2.74. The summed E-state index contributed by atoms with van der Waals surface area (Å²) in [5.41, 5.74) is 5.62. The molecule has 1 aromatic heterocycles. The number of carbonyl (C=O) groups excluding carboxylic acids is 1. The monoisotopic (exact) mass is 393 g/mol. The number of rotatable bonds is 5. The van der Waals surface area contributed by atoms with Crippen LogP contribution < -0.4 is 11.0 Å². The molecule has 1 heterocycles. The number of aryl methyl sites for hydroxylation is 3. The molecule has 2 aromatic carbocycles. The number of nitrogens with zero attached hydrogens (tertiary/aromatic N) is 3. The van der Waals surface area contributed by atoms with Crippen molar-refractivity contribution in [2.24, 2.45) is 5.10 Å². The second-order valence-electron chi connectivity index (χ2n) is 6.57. The zero-order valence-corrected chi connectivity index (χ0v) is 16.1. The van der Waals surface area contributed by atoms with Crippen LogP contribution in [0.2, 0.25) is 0 Å². The van der Waals surface area contributed by atoms with Crippen LogP contribution in [0.25, 0.3) is 5.69 Å². The number of hydrazone groups is 1. The van der Waals surface area contributed by atoms with E-state index in [2.05, 4.69) is 15.6 Å². The van der Waals surface area contributed by atoms with Gasteiger partial charge < -0.3 is 0 Å². The number of benzene rings is 2. The number of amides is 1. The summed E-state index contributed by atoms with van der Waals surface area (Å²) in [6, 6.07) is 11.0. The van der Waals surface area contributed by atoms with Gasteiger partial charge in [-0.3, -0.25) is 24.8 Å². The van der Waals surface area contributed by atoms with Gasteiger partial charge in [0.25, 0.3) is 17.2 Å². The summed E-state index contributed by atoms with van der Waals surface area (Å²) in [5, 5.41) is 17.6. The Morgan fingerprint density at radius 3 is 2.62 bits per heavy atom. The Morgan fingerprint density at radius 1 is 1.17 bits per heavy atom. The highest BCUT2D eigenvalue weighted by Crippen LogP contribution is 2.14. The molecule has 0 fully saturated rings. The van der Waals surface area contributed by atoms with Crippen molar-refractivity contribution < 1.29 is 9.72 Å². The number of hydrogen-bond donors (Lipinski definition) is 2. The normalized spacial score (nSPS) is 11.0. The highest BCUT2D eigenvalue weighted by Gasteiger charge is 2.13. The minimum atomic E-state index is -0.618. The summed E-state index contributed by atoms with van der Waals surface area (Å²) in [4.78, 5) is 35.1. The Labute approximate surface area is 165 Å². The maximum atomic E-state index is 12.7. The van der Waals surface area contributed by atoms with Crippen LogP contribution in [0.1, 0.15) is 32.7 Å².